The Bertz CT molecular complexity index is 953. The minimum atomic E-state index is -4.70. The Morgan fingerprint density at radius 3 is 2.35 bits per heavy atom. The first kappa shape index (κ1) is 20.7. The van der Waals surface area contributed by atoms with Crippen LogP contribution in [0.3, 0.4) is 0 Å². The van der Waals surface area contributed by atoms with Gasteiger partial charge in [-0.1, -0.05) is 0 Å². The van der Waals surface area contributed by atoms with Gasteiger partial charge in [-0.3, -0.25) is 9.48 Å². The molecule has 0 atom stereocenters. The second kappa shape index (κ2) is 6.83. The predicted octanol–water partition coefficient (Wildman–Crippen LogP) is 3.28. The lowest BCUT2D eigenvalue weighted by Gasteiger charge is -2.25. The SMILES string of the molecule is CC(C)(C(=O)Nc1ccc(C(F)(F)F)cc1S(C)(=O)=O)n1cc(I)cn1. The van der Waals surface area contributed by atoms with Crippen LogP contribution in [0.15, 0.2) is 35.5 Å². The summed E-state index contributed by atoms with van der Waals surface area (Å²) in [6.45, 7) is 3.10. The quantitative estimate of drug-likeness (QED) is 0.653. The van der Waals surface area contributed by atoms with E-state index in [9.17, 15) is 26.4 Å². The molecule has 142 valence electrons. The molecule has 2 aromatic rings. The Labute approximate surface area is 161 Å². The molecule has 0 saturated heterocycles. The molecule has 1 aromatic heterocycles. The minimum Gasteiger partial charge on any atom is -0.323 e. The smallest absolute Gasteiger partial charge is 0.323 e. The highest BCUT2D eigenvalue weighted by molar-refractivity contribution is 14.1. The number of alkyl halides is 3. The number of anilines is 1. The number of carbonyl (C=O) groups is 1. The summed E-state index contributed by atoms with van der Waals surface area (Å²) in [7, 11) is -4.01. The Morgan fingerprint density at radius 2 is 1.88 bits per heavy atom. The normalized spacial score (nSPS) is 12.9. The van der Waals surface area contributed by atoms with Crippen molar-refractivity contribution in [3.8, 4) is 0 Å². The molecule has 0 unspecified atom stereocenters. The van der Waals surface area contributed by atoms with Crippen LogP contribution in [0.5, 0.6) is 0 Å². The number of hydrogen-bond donors (Lipinski definition) is 1. The zero-order valence-electron chi connectivity index (χ0n) is 13.9. The lowest BCUT2D eigenvalue weighted by atomic mass is 10.0. The van der Waals surface area contributed by atoms with Crippen LogP contribution in [-0.4, -0.2) is 30.4 Å². The maximum atomic E-state index is 12.9. The summed E-state index contributed by atoms with van der Waals surface area (Å²) in [6.07, 6.45) is -0.772. The van der Waals surface area contributed by atoms with Crippen LogP contribution in [0.4, 0.5) is 18.9 Å². The molecule has 1 amide bonds. The largest absolute Gasteiger partial charge is 0.416 e. The number of amides is 1. The summed E-state index contributed by atoms with van der Waals surface area (Å²) < 4.78 is 64.6. The van der Waals surface area contributed by atoms with Crippen LogP contribution in [0.25, 0.3) is 0 Å². The van der Waals surface area contributed by atoms with Gasteiger partial charge in [0, 0.05) is 12.5 Å². The molecule has 0 aliphatic heterocycles. The van der Waals surface area contributed by atoms with Gasteiger partial charge in [0.2, 0.25) is 0 Å². The van der Waals surface area contributed by atoms with Crippen molar-refractivity contribution in [2.45, 2.75) is 30.5 Å². The highest BCUT2D eigenvalue weighted by Gasteiger charge is 2.34. The van der Waals surface area contributed by atoms with Gasteiger partial charge in [0.15, 0.2) is 9.84 Å². The number of nitrogens with one attached hydrogen (secondary N) is 1. The first-order valence-electron chi connectivity index (χ1n) is 7.16. The van der Waals surface area contributed by atoms with Gasteiger partial charge >= 0.3 is 6.18 Å². The number of halogens is 4. The Hall–Kier alpha value is -1.63. The minimum absolute atomic E-state index is 0.222. The van der Waals surface area contributed by atoms with Crippen LogP contribution in [0.1, 0.15) is 19.4 Å². The maximum absolute atomic E-state index is 12.9. The number of hydrogen-bond acceptors (Lipinski definition) is 4. The highest BCUT2D eigenvalue weighted by Crippen LogP contribution is 2.34. The molecule has 11 heteroatoms. The summed E-state index contributed by atoms with van der Waals surface area (Å²) in [5.74, 6) is -0.623. The van der Waals surface area contributed by atoms with Crippen LogP contribution in [0.2, 0.25) is 0 Å². The van der Waals surface area contributed by atoms with Crippen molar-refractivity contribution in [3.63, 3.8) is 0 Å². The number of sulfone groups is 1. The average molecular weight is 501 g/mol. The van der Waals surface area contributed by atoms with Crippen molar-refractivity contribution in [1.82, 2.24) is 9.78 Å². The van der Waals surface area contributed by atoms with Crippen LogP contribution in [0, 0.1) is 3.57 Å². The van der Waals surface area contributed by atoms with E-state index in [1.807, 2.05) is 22.6 Å². The predicted molar refractivity (Wildman–Crippen MR) is 97.4 cm³/mol. The number of carbonyl (C=O) groups excluding carboxylic acids is 1. The zero-order valence-corrected chi connectivity index (χ0v) is 16.9. The van der Waals surface area contributed by atoms with E-state index < -0.39 is 37.9 Å². The van der Waals surface area contributed by atoms with E-state index in [1.165, 1.54) is 10.9 Å². The Balaban J connectivity index is 2.44. The van der Waals surface area contributed by atoms with E-state index in [1.54, 1.807) is 20.0 Å². The van der Waals surface area contributed by atoms with Crippen LogP contribution in [-0.2, 0) is 26.3 Å². The van der Waals surface area contributed by atoms with Crippen LogP contribution < -0.4 is 5.32 Å². The number of rotatable bonds is 4. The van der Waals surface area contributed by atoms with Gasteiger partial charge in [0.05, 0.1) is 25.9 Å². The fourth-order valence-electron chi connectivity index (χ4n) is 2.09. The van der Waals surface area contributed by atoms with E-state index in [-0.39, 0.29) is 5.69 Å². The number of nitrogens with zero attached hydrogens (tertiary/aromatic N) is 2. The standard InChI is InChI=1S/C15H15F3IN3O3S/c1-14(2,22-8-10(19)7-20-22)13(23)21-11-5-4-9(15(16,17)18)6-12(11)26(3,24)25/h4-8H,1-3H3,(H,21,23). The third-order valence-corrected chi connectivity index (χ3v) is 5.33. The monoisotopic (exact) mass is 501 g/mol. The zero-order chi connectivity index (χ0) is 19.9. The second-order valence-corrected chi connectivity index (χ2v) is 9.33. The molecule has 0 spiro atoms. The molecule has 26 heavy (non-hydrogen) atoms. The summed E-state index contributed by atoms with van der Waals surface area (Å²) in [5, 5.41) is 6.44. The molecule has 0 aliphatic carbocycles. The fraction of sp³-hybridized carbons (Fsp3) is 0.333. The molecule has 1 N–H and O–H groups in total. The van der Waals surface area contributed by atoms with E-state index in [4.69, 9.17) is 0 Å². The van der Waals surface area contributed by atoms with Gasteiger partial charge < -0.3 is 5.32 Å². The van der Waals surface area contributed by atoms with Gasteiger partial charge in [0.1, 0.15) is 5.54 Å². The van der Waals surface area contributed by atoms with Crippen molar-refractivity contribution in [2.24, 2.45) is 0 Å². The summed E-state index contributed by atoms with van der Waals surface area (Å²) in [4.78, 5) is 12.0. The summed E-state index contributed by atoms with van der Waals surface area (Å²) in [6, 6.07) is 2.16. The molecule has 1 heterocycles. The van der Waals surface area contributed by atoms with Crippen molar-refractivity contribution < 1.29 is 26.4 Å². The van der Waals surface area contributed by atoms with Gasteiger partial charge in [-0.05, 0) is 54.6 Å². The van der Waals surface area contributed by atoms with Gasteiger partial charge in [-0.15, -0.1) is 0 Å². The molecule has 0 radical (unpaired) electrons. The molecular weight excluding hydrogens is 486 g/mol. The molecule has 0 saturated carbocycles. The first-order valence-corrected chi connectivity index (χ1v) is 10.1. The molecular formula is C15H15F3IN3O3S. The Morgan fingerprint density at radius 1 is 1.27 bits per heavy atom. The van der Waals surface area contributed by atoms with Gasteiger partial charge in [0.25, 0.3) is 5.91 Å². The molecule has 0 aliphatic rings. The molecule has 1 aromatic carbocycles. The highest BCUT2D eigenvalue weighted by atomic mass is 127. The maximum Gasteiger partial charge on any atom is 0.416 e. The van der Waals surface area contributed by atoms with Gasteiger partial charge in [-0.2, -0.15) is 18.3 Å². The molecule has 2 rings (SSSR count). The molecule has 6 nitrogen and oxygen atoms in total. The van der Waals surface area contributed by atoms with E-state index in [0.717, 1.165) is 15.9 Å². The van der Waals surface area contributed by atoms with Crippen molar-refractivity contribution >= 4 is 44.0 Å². The van der Waals surface area contributed by atoms with E-state index in [2.05, 4.69) is 10.4 Å². The molecule has 0 fully saturated rings. The molecule has 0 bridgehead atoms. The number of benzene rings is 1. The lowest BCUT2D eigenvalue weighted by Crippen LogP contribution is -2.40. The first-order chi connectivity index (χ1) is 11.7. The average Bonchev–Trinajstić information content (AvgIpc) is 2.92. The third-order valence-electron chi connectivity index (χ3n) is 3.64. The van der Waals surface area contributed by atoms with E-state index >= 15 is 0 Å². The second-order valence-electron chi connectivity index (χ2n) is 6.10. The fourth-order valence-corrected chi connectivity index (χ4v) is 3.34. The Kier molecular flexibility index (Phi) is 5.43. The number of aromatic nitrogens is 2. The van der Waals surface area contributed by atoms with Crippen LogP contribution >= 0.6 is 22.6 Å². The van der Waals surface area contributed by atoms with Crippen molar-refractivity contribution in [1.29, 1.82) is 0 Å². The lowest BCUT2D eigenvalue weighted by molar-refractivity contribution is -0.137. The topological polar surface area (TPSA) is 81.1 Å². The van der Waals surface area contributed by atoms with Crippen molar-refractivity contribution in [3.05, 3.63) is 39.7 Å². The summed E-state index contributed by atoms with van der Waals surface area (Å²) in [5.41, 5.74) is -2.53. The summed E-state index contributed by atoms with van der Waals surface area (Å²) >= 11 is 2.01. The van der Waals surface area contributed by atoms with E-state index in [0.29, 0.717) is 12.1 Å². The third kappa shape index (κ3) is 4.37. The van der Waals surface area contributed by atoms with Crippen molar-refractivity contribution in [2.75, 3.05) is 11.6 Å². The van der Waals surface area contributed by atoms with Gasteiger partial charge in [-0.25, -0.2) is 8.42 Å².